The second-order valence-electron chi connectivity index (χ2n) is 6.40. The van der Waals surface area contributed by atoms with Crippen LogP contribution in [0.2, 0.25) is 20.1 Å². The number of benzene rings is 1. The molecule has 0 aliphatic carbocycles. The number of halogens is 4. The van der Waals surface area contributed by atoms with Crippen LogP contribution in [0.5, 0.6) is 0 Å². The van der Waals surface area contributed by atoms with E-state index < -0.39 is 17.9 Å². The maximum absolute atomic E-state index is 12.8. The van der Waals surface area contributed by atoms with E-state index in [0.717, 1.165) is 30.6 Å². The number of hydrogen-bond donors (Lipinski definition) is 0. The second kappa shape index (κ2) is 7.55. The number of nitrogens with zero attached hydrogens (tertiary/aromatic N) is 2. The lowest BCUT2D eigenvalue weighted by Crippen LogP contribution is -2.49. The fourth-order valence-electron chi connectivity index (χ4n) is 3.38. The molecule has 0 bridgehead atoms. The fraction of sp³-hybridized carbons (Fsp3) is 0.471. The summed E-state index contributed by atoms with van der Waals surface area (Å²) in [4.78, 5) is 41.1. The van der Waals surface area contributed by atoms with Crippen LogP contribution in [0, 0.1) is 0 Å². The molecule has 9 heteroatoms. The third-order valence-electron chi connectivity index (χ3n) is 4.79. The summed E-state index contributed by atoms with van der Waals surface area (Å²) in [5.74, 6) is -1.65. The molecule has 3 amide bonds. The molecule has 0 aromatic heterocycles. The highest BCUT2D eigenvalue weighted by atomic mass is 35.5. The molecule has 1 aromatic rings. The van der Waals surface area contributed by atoms with Gasteiger partial charge < -0.3 is 4.90 Å². The van der Waals surface area contributed by atoms with Crippen LogP contribution in [0.1, 0.15) is 53.3 Å². The van der Waals surface area contributed by atoms with E-state index in [1.807, 2.05) is 0 Å². The molecule has 1 fully saturated rings. The molecule has 0 spiro atoms. The van der Waals surface area contributed by atoms with E-state index in [9.17, 15) is 14.4 Å². The number of amides is 3. The maximum atomic E-state index is 12.8. The largest absolute Gasteiger partial charge is 0.341 e. The first-order chi connectivity index (χ1) is 12.3. The minimum atomic E-state index is -0.967. The standard InChI is InChI=1S/C17H16Cl4N2O3/c1-8(15(24)22-6-4-2-3-5-7-22)23-16(25)9-10(17(23)26)12(19)14(21)13(20)11(9)18/h8H,2-7H2,1H3/t8-/m1/s1. The van der Waals surface area contributed by atoms with E-state index in [1.165, 1.54) is 6.92 Å². The molecule has 140 valence electrons. The van der Waals surface area contributed by atoms with Crippen LogP contribution in [-0.4, -0.2) is 46.7 Å². The number of likely N-dealkylation sites (tertiary alicyclic amines) is 1. The van der Waals surface area contributed by atoms with Crippen LogP contribution in [0.15, 0.2) is 0 Å². The third kappa shape index (κ3) is 3.09. The van der Waals surface area contributed by atoms with Crippen molar-refractivity contribution in [2.45, 2.75) is 38.6 Å². The molecule has 1 atom stereocenters. The molecular formula is C17H16Cl4N2O3. The fourth-order valence-corrected chi connectivity index (χ4v) is 4.40. The van der Waals surface area contributed by atoms with Crippen molar-refractivity contribution in [3.63, 3.8) is 0 Å². The van der Waals surface area contributed by atoms with Gasteiger partial charge >= 0.3 is 0 Å². The van der Waals surface area contributed by atoms with E-state index in [-0.39, 0.29) is 37.1 Å². The molecule has 1 saturated heterocycles. The molecule has 2 heterocycles. The summed E-state index contributed by atoms with van der Waals surface area (Å²) >= 11 is 24.3. The number of hydrogen-bond acceptors (Lipinski definition) is 3. The lowest BCUT2D eigenvalue weighted by atomic mass is 10.1. The maximum Gasteiger partial charge on any atom is 0.263 e. The van der Waals surface area contributed by atoms with Gasteiger partial charge in [-0.3, -0.25) is 19.3 Å². The van der Waals surface area contributed by atoms with E-state index in [0.29, 0.717) is 13.1 Å². The highest BCUT2D eigenvalue weighted by Gasteiger charge is 2.46. The number of rotatable bonds is 2. The van der Waals surface area contributed by atoms with Crippen LogP contribution in [-0.2, 0) is 4.79 Å². The molecule has 26 heavy (non-hydrogen) atoms. The topological polar surface area (TPSA) is 57.7 Å². The minimum Gasteiger partial charge on any atom is -0.341 e. The smallest absolute Gasteiger partial charge is 0.263 e. The summed E-state index contributed by atoms with van der Waals surface area (Å²) in [5, 5.41) is -0.448. The number of carbonyl (C=O) groups excluding carboxylic acids is 3. The molecule has 0 radical (unpaired) electrons. The Kier molecular flexibility index (Phi) is 5.73. The zero-order valence-electron chi connectivity index (χ0n) is 14.0. The average Bonchev–Trinajstić information content (AvgIpc) is 2.80. The summed E-state index contributed by atoms with van der Waals surface area (Å²) in [6.45, 7) is 2.76. The predicted molar refractivity (Wildman–Crippen MR) is 101 cm³/mol. The van der Waals surface area contributed by atoms with E-state index in [2.05, 4.69) is 0 Å². The van der Waals surface area contributed by atoms with Gasteiger partial charge in [0.15, 0.2) is 0 Å². The van der Waals surface area contributed by atoms with Crippen molar-refractivity contribution in [3.05, 3.63) is 31.2 Å². The van der Waals surface area contributed by atoms with E-state index >= 15 is 0 Å². The lowest BCUT2D eigenvalue weighted by Gasteiger charge is -2.28. The van der Waals surface area contributed by atoms with Gasteiger partial charge in [0.1, 0.15) is 6.04 Å². The molecule has 5 nitrogen and oxygen atoms in total. The summed E-state index contributed by atoms with van der Waals surface area (Å²) in [6, 6.07) is -0.967. The van der Waals surface area contributed by atoms with Crippen molar-refractivity contribution < 1.29 is 14.4 Å². The molecule has 2 aliphatic heterocycles. The highest BCUT2D eigenvalue weighted by Crippen LogP contribution is 2.45. The summed E-state index contributed by atoms with van der Waals surface area (Å²) in [5.41, 5.74) is -0.210. The first kappa shape index (κ1) is 19.7. The van der Waals surface area contributed by atoms with Crippen molar-refractivity contribution >= 4 is 64.1 Å². The Bertz CT molecular complexity index is 757. The van der Waals surface area contributed by atoms with Gasteiger partial charge in [0.2, 0.25) is 5.91 Å². The molecular weight excluding hydrogens is 422 g/mol. The lowest BCUT2D eigenvalue weighted by molar-refractivity contribution is -0.134. The van der Waals surface area contributed by atoms with Gasteiger partial charge in [0.05, 0.1) is 31.2 Å². The van der Waals surface area contributed by atoms with Crippen LogP contribution < -0.4 is 0 Å². The van der Waals surface area contributed by atoms with Gasteiger partial charge in [0, 0.05) is 13.1 Å². The Morgan fingerprint density at radius 2 is 1.23 bits per heavy atom. The number of fused-ring (bicyclic) bond motifs is 1. The van der Waals surface area contributed by atoms with Crippen LogP contribution in [0.4, 0.5) is 0 Å². The van der Waals surface area contributed by atoms with Gasteiger partial charge in [0.25, 0.3) is 11.8 Å². The van der Waals surface area contributed by atoms with Crippen molar-refractivity contribution in [1.29, 1.82) is 0 Å². The van der Waals surface area contributed by atoms with Crippen molar-refractivity contribution in [3.8, 4) is 0 Å². The number of carbonyl (C=O) groups is 3. The predicted octanol–water partition coefficient (Wildman–Crippen LogP) is 4.69. The van der Waals surface area contributed by atoms with Gasteiger partial charge in [-0.05, 0) is 19.8 Å². The molecule has 0 N–H and O–H groups in total. The third-order valence-corrected chi connectivity index (χ3v) is 6.60. The van der Waals surface area contributed by atoms with Crippen molar-refractivity contribution in [2.75, 3.05) is 13.1 Å². The van der Waals surface area contributed by atoms with Gasteiger partial charge in [-0.1, -0.05) is 59.2 Å². The van der Waals surface area contributed by atoms with Gasteiger partial charge in [-0.2, -0.15) is 0 Å². The van der Waals surface area contributed by atoms with Crippen molar-refractivity contribution in [1.82, 2.24) is 9.80 Å². The Hall–Kier alpha value is -1.01. The van der Waals surface area contributed by atoms with Gasteiger partial charge in [-0.15, -0.1) is 0 Å². The Balaban J connectivity index is 1.96. The zero-order valence-corrected chi connectivity index (χ0v) is 17.0. The molecule has 2 aliphatic rings. The monoisotopic (exact) mass is 436 g/mol. The Morgan fingerprint density at radius 3 is 1.65 bits per heavy atom. The minimum absolute atomic E-state index is 0.0911. The summed E-state index contributed by atoms with van der Waals surface area (Å²) in [7, 11) is 0. The van der Waals surface area contributed by atoms with Crippen LogP contribution in [0.3, 0.4) is 0 Å². The summed E-state index contributed by atoms with van der Waals surface area (Å²) in [6.07, 6.45) is 3.94. The zero-order chi connectivity index (χ0) is 19.2. The molecule has 0 unspecified atom stereocenters. The van der Waals surface area contributed by atoms with Gasteiger partial charge in [-0.25, -0.2) is 0 Å². The van der Waals surface area contributed by atoms with Crippen LogP contribution >= 0.6 is 46.4 Å². The highest BCUT2D eigenvalue weighted by molar-refractivity contribution is 6.55. The quantitative estimate of drug-likeness (QED) is 0.383. The van der Waals surface area contributed by atoms with E-state index in [1.54, 1.807) is 4.90 Å². The molecule has 3 rings (SSSR count). The van der Waals surface area contributed by atoms with Crippen LogP contribution in [0.25, 0.3) is 0 Å². The normalized spacial score (nSPS) is 18.8. The Labute approximate surface area is 171 Å². The summed E-state index contributed by atoms with van der Waals surface area (Å²) < 4.78 is 0. The first-order valence-corrected chi connectivity index (χ1v) is 9.81. The Morgan fingerprint density at radius 1 is 0.808 bits per heavy atom. The average molecular weight is 438 g/mol. The SMILES string of the molecule is C[C@H](C(=O)N1CCCCCC1)N1C(=O)c2c(Cl)c(Cl)c(Cl)c(Cl)c2C1=O. The second-order valence-corrected chi connectivity index (χ2v) is 7.91. The molecule has 0 saturated carbocycles. The molecule has 1 aromatic carbocycles. The number of imide groups is 1. The van der Waals surface area contributed by atoms with E-state index in [4.69, 9.17) is 46.4 Å². The van der Waals surface area contributed by atoms with Crippen molar-refractivity contribution in [2.24, 2.45) is 0 Å². The first-order valence-electron chi connectivity index (χ1n) is 8.30.